The van der Waals surface area contributed by atoms with Gasteiger partial charge in [0.15, 0.2) is 12.6 Å². The Balaban J connectivity index is 1.58. The number of hydrogen-bond donors (Lipinski definition) is 1. The third-order valence-corrected chi connectivity index (χ3v) is 4.17. The maximum atomic E-state index is 13.0. The van der Waals surface area contributed by atoms with Crippen LogP contribution >= 0.6 is 0 Å². The lowest BCUT2D eigenvalue weighted by Gasteiger charge is -2.21. The molecule has 2 aliphatic heterocycles. The average Bonchev–Trinajstić information content (AvgIpc) is 3.22. The summed E-state index contributed by atoms with van der Waals surface area (Å²) in [6.07, 6.45) is -4.52. The molecule has 5 nitrogen and oxygen atoms in total. The van der Waals surface area contributed by atoms with E-state index in [4.69, 9.17) is 0 Å². The average molecular weight is 348 g/mol. The van der Waals surface area contributed by atoms with Crippen LogP contribution in [0.3, 0.4) is 0 Å². The Morgan fingerprint density at radius 2 is 1.92 bits per heavy atom. The molecular formula is C17H15F3N4O. The van der Waals surface area contributed by atoms with Gasteiger partial charge < -0.3 is 9.85 Å². The van der Waals surface area contributed by atoms with Crippen molar-refractivity contribution >= 4 is 11.5 Å². The fourth-order valence-corrected chi connectivity index (χ4v) is 2.96. The number of alkyl halides is 3. The van der Waals surface area contributed by atoms with Gasteiger partial charge in [0.2, 0.25) is 0 Å². The standard InChI is InChI=1S/C17H15F3N4O/c18-17(19,20)23-11-25-22-16(23)13-6-7-15-14(8-13)9-21-24(15)10-12-4-2-1-3-5-12/h1-8,21H,9-11H2. The molecule has 2 heterocycles. The molecule has 0 saturated carbocycles. The van der Waals surface area contributed by atoms with Crippen molar-refractivity contribution in [3.05, 3.63) is 65.2 Å². The van der Waals surface area contributed by atoms with Crippen LogP contribution in [0.2, 0.25) is 0 Å². The maximum Gasteiger partial charge on any atom is 0.488 e. The highest BCUT2D eigenvalue weighted by Crippen LogP contribution is 2.31. The number of anilines is 1. The summed E-state index contributed by atoms with van der Waals surface area (Å²) in [5.74, 6) is -0.211. The van der Waals surface area contributed by atoms with Crippen LogP contribution in [0, 0.1) is 0 Å². The predicted molar refractivity (Wildman–Crippen MR) is 86.3 cm³/mol. The first-order valence-corrected chi connectivity index (χ1v) is 7.75. The number of amidine groups is 1. The summed E-state index contributed by atoms with van der Waals surface area (Å²) < 4.78 is 39.1. The Morgan fingerprint density at radius 3 is 2.68 bits per heavy atom. The van der Waals surface area contributed by atoms with Crippen molar-refractivity contribution < 1.29 is 18.0 Å². The number of hydrazine groups is 1. The number of benzene rings is 2. The highest BCUT2D eigenvalue weighted by Gasteiger charge is 2.43. The van der Waals surface area contributed by atoms with Crippen LogP contribution in [0.1, 0.15) is 16.7 Å². The maximum absolute atomic E-state index is 13.0. The molecule has 0 spiro atoms. The van der Waals surface area contributed by atoms with Crippen LogP contribution in [0.15, 0.2) is 53.7 Å². The van der Waals surface area contributed by atoms with Crippen LogP contribution in [0.5, 0.6) is 0 Å². The van der Waals surface area contributed by atoms with Crippen LogP contribution < -0.4 is 10.4 Å². The largest absolute Gasteiger partial charge is 0.488 e. The normalized spacial score (nSPS) is 16.7. The van der Waals surface area contributed by atoms with E-state index in [9.17, 15) is 13.2 Å². The molecule has 0 atom stereocenters. The molecule has 1 N–H and O–H groups in total. The summed E-state index contributed by atoms with van der Waals surface area (Å²) in [6.45, 7) is 0.608. The van der Waals surface area contributed by atoms with Gasteiger partial charge in [-0.2, -0.15) is 0 Å². The second-order valence-corrected chi connectivity index (χ2v) is 5.82. The molecule has 0 bridgehead atoms. The van der Waals surface area contributed by atoms with Crippen LogP contribution in [-0.4, -0.2) is 23.8 Å². The molecule has 4 rings (SSSR count). The zero-order valence-electron chi connectivity index (χ0n) is 13.1. The molecule has 130 valence electrons. The fourth-order valence-electron chi connectivity index (χ4n) is 2.96. The third-order valence-electron chi connectivity index (χ3n) is 4.17. The van der Waals surface area contributed by atoms with E-state index < -0.39 is 13.0 Å². The van der Waals surface area contributed by atoms with Gasteiger partial charge in [0.05, 0.1) is 12.2 Å². The SMILES string of the molecule is FC(F)(F)N1CON=C1c1ccc2c(c1)CNN2Cc1ccccc1. The third kappa shape index (κ3) is 3.00. The summed E-state index contributed by atoms with van der Waals surface area (Å²) in [4.78, 5) is 4.83. The van der Waals surface area contributed by atoms with E-state index in [-0.39, 0.29) is 10.7 Å². The number of oxime groups is 1. The van der Waals surface area contributed by atoms with Crippen LogP contribution in [0.4, 0.5) is 18.9 Å². The van der Waals surface area contributed by atoms with Gasteiger partial charge in [0, 0.05) is 12.1 Å². The first-order chi connectivity index (χ1) is 12.0. The second-order valence-electron chi connectivity index (χ2n) is 5.82. The van der Waals surface area contributed by atoms with Crippen molar-refractivity contribution in [3.8, 4) is 0 Å². The lowest BCUT2D eigenvalue weighted by Crippen LogP contribution is -2.40. The van der Waals surface area contributed by atoms with Crippen LogP contribution in [-0.2, 0) is 17.9 Å². The number of rotatable bonds is 3. The van der Waals surface area contributed by atoms with Crippen LogP contribution in [0.25, 0.3) is 0 Å². The molecule has 0 fully saturated rings. The molecule has 0 radical (unpaired) electrons. The van der Waals surface area contributed by atoms with Gasteiger partial charge in [0.1, 0.15) is 0 Å². The van der Waals surface area contributed by atoms with Crippen molar-refractivity contribution in [2.24, 2.45) is 5.16 Å². The van der Waals surface area contributed by atoms with Crippen molar-refractivity contribution in [3.63, 3.8) is 0 Å². The quantitative estimate of drug-likeness (QED) is 0.865. The lowest BCUT2D eigenvalue weighted by molar-refractivity contribution is -0.228. The number of nitrogens with zero attached hydrogens (tertiary/aromatic N) is 3. The van der Waals surface area contributed by atoms with Gasteiger partial charge in [-0.25, -0.2) is 10.3 Å². The minimum atomic E-state index is -4.52. The summed E-state index contributed by atoms with van der Waals surface area (Å²) >= 11 is 0. The zero-order chi connectivity index (χ0) is 17.4. The van der Waals surface area contributed by atoms with E-state index in [1.165, 1.54) is 0 Å². The van der Waals surface area contributed by atoms with E-state index in [1.54, 1.807) is 12.1 Å². The van der Waals surface area contributed by atoms with E-state index in [1.807, 2.05) is 41.4 Å². The molecule has 2 aliphatic rings. The van der Waals surface area contributed by atoms with Crippen molar-refractivity contribution in [1.82, 2.24) is 10.3 Å². The van der Waals surface area contributed by atoms with Gasteiger partial charge in [-0.15, -0.1) is 13.2 Å². The van der Waals surface area contributed by atoms with Gasteiger partial charge >= 0.3 is 6.30 Å². The molecular weight excluding hydrogens is 333 g/mol. The predicted octanol–water partition coefficient (Wildman–Crippen LogP) is 3.18. The van der Waals surface area contributed by atoms with Crippen molar-refractivity contribution in [2.75, 3.05) is 11.7 Å². The molecule has 0 unspecified atom stereocenters. The zero-order valence-corrected chi connectivity index (χ0v) is 13.1. The number of fused-ring (bicyclic) bond motifs is 1. The molecule has 0 amide bonds. The van der Waals surface area contributed by atoms with Gasteiger partial charge in [-0.1, -0.05) is 35.5 Å². The summed E-state index contributed by atoms with van der Waals surface area (Å²) in [6, 6.07) is 15.1. The Labute approximate surface area is 142 Å². The van der Waals surface area contributed by atoms with E-state index in [2.05, 4.69) is 15.4 Å². The first kappa shape index (κ1) is 15.8. The summed E-state index contributed by atoms with van der Waals surface area (Å²) in [5, 5.41) is 5.54. The Bertz CT molecular complexity index is 807. The summed E-state index contributed by atoms with van der Waals surface area (Å²) in [7, 11) is 0. The minimum absolute atomic E-state index is 0.193. The lowest BCUT2D eigenvalue weighted by atomic mass is 10.1. The Morgan fingerprint density at radius 1 is 1.12 bits per heavy atom. The van der Waals surface area contributed by atoms with E-state index >= 15 is 0 Å². The number of nitrogens with one attached hydrogen (secondary N) is 1. The van der Waals surface area contributed by atoms with E-state index in [0.717, 1.165) is 16.8 Å². The Hall–Kier alpha value is -2.74. The first-order valence-electron chi connectivity index (χ1n) is 7.75. The highest BCUT2D eigenvalue weighted by atomic mass is 19.4. The molecule has 0 aromatic heterocycles. The molecule has 8 heteroatoms. The topological polar surface area (TPSA) is 40.1 Å². The van der Waals surface area contributed by atoms with Gasteiger partial charge in [-0.3, -0.25) is 0 Å². The molecule has 0 aliphatic carbocycles. The summed E-state index contributed by atoms with van der Waals surface area (Å²) in [5.41, 5.74) is 6.66. The smallest absolute Gasteiger partial charge is 0.372 e. The number of halogens is 3. The van der Waals surface area contributed by atoms with Gasteiger partial charge in [-0.05, 0) is 29.3 Å². The fraction of sp³-hybridized carbons (Fsp3) is 0.235. The molecule has 0 saturated heterocycles. The second kappa shape index (κ2) is 5.96. The van der Waals surface area contributed by atoms with E-state index in [0.29, 0.717) is 18.7 Å². The Kier molecular flexibility index (Phi) is 3.76. The highest BCUT2D eigenvalue weighted by molar-refractivity contribution is 5.99. The molecule has 2 aromatic carbocycles. The molecule has 25 heavy (non-hydrogen) atoms. The number of hydrogen-bond acceptors (Lipinski definition) is 5. The van der Waals surface area contributed by atoms with Crippen molar-refractivity contribution in [2.45, 2.75) is 19.4 Å². The van der Waals surface area contributed by atoms with Gasteiger partial charge in [0.25, 0.3) is 0 Å². The monoisotopic (exact) mass is 348 g/mol. The minimum Gasteiger partial charge on any atom is -0.372 e. The van der Waals surface area contributed by atoms with Crippen molar-refractivity contribution in [1.29, 1.82) is 0 Å². The molecule has 2 aromatic rings.